The molecule has 4 atom stereocenters. The van der Waals surface area contributed by atoms with Crippen molar-refractivity contribution in [3.63, 3.8) is 0 Å². The molecule has 7 nitrogen and oxygen atoms in total. The second-order valence-electron chi connectivity index (χ2n) is 6.05. The van der Waals surface area contributed by atoms with Crippen molar-refractivity contribution in [2.24, 2.45) is 5.92 Å². The van der Waals surface area contributed by atoms with E-state index < -0.39 is 36.2 Å². The van der Waals surface area contributed by atoms with E-state index >= 15 is 0 Å². The third-order valence-corrected chi connectivity index (χ3v) is 4.18. The molecule has 27 heavy (non-hydrogen) atoms. The smallest absolute Gasteiger partial charge is 0.320 e. The summed E-state index contributed by atoms with van der Waals surface area (Å²) in [6.07, 6.45) is -0.137. The molecule has 1 unspecified atom stereocenters. The van der Waals surface area contributed by atoms with Crippen LogP contribution in [0.25, 0.3) is 0 Å². The maximum absolute atomic E-state index is 12.1. The summed E-state index contributed by atoms with van der Waals surface area (Å²) < 4.78 is 27.0. The minimum absolute atomic E-state index is 0.0316. The molecule has 1 heterocycles. The van der Waals surface area contributed by atoms with Gasteiger partial charge in [0.1, 0.15) is 25.1 Å². The van der Waals surface area contributed by atoms with Crippen LogP contribution in [0.2, 0.25) is 0 Å². The molecule has 7 heteroatoms. The SMILES string of the molecule is C=C[C@@H](OCOC)[C@H](OCc1ccccc1)[C@H]1CC(C(=O)OCC)C(=O)O1. The van der Waals surface area contributed by atoms with Crippen molar-refractivity contribution in [2.45, 2.75) is 38.3 Å². The van der Waals surface area contributed by atoms with Gasteiger partial charge in [-0.05, 0) is 12.5 Å². The molecule has 0 radical (unpaired) electrons. The summed E-state index contributed by atoms with van der Waals surface area (Å²) in [4.78, 5) is 24.1. The van der Waals surface area contributed by atoms with Crippen LogP contribution in [-0.2, 0) is 39.9 Å². The molecule has 0 bridgehead atoms. The molecule has 148 valence electrons. The first kappa shape index (κ1) is 21.1. The molecule has 0 spiro atoms. The van der Waals surface area contributed by atoms with Gasteiger partial charge in [-0.2, -0.15) is 0 Å². The van der Waals surface area contributed by atoms with Gasteiger partial charge in [0.05, 0.1) is 13.2 Å². The average molecular weight is 378 g/mol. The summed E-state index contributed by atoms with van der Waals surface area (Å²) in [5.41, 5.74) is 0.961. The first-order valence-electron chi connectivity index (χ1n) is 8.86. The molecular weight excluding hydrogens is 352 g/mol. The summed E-state index contributed by atoms with van der Waals surface area (Å²) in [5.74, 6) is -2.15. The van der Waals surface area contributed by atoms with Gasteiger partial charge in [-0.15, -0.1) is 6.58 Å². The van der Waals surface area contributed by atoms with E-state index in [1.165, 1.54) is 7.11 Å². The van der Waals surface area contributed by atoms with Crippen molar-refractivity contribution in [1.82, 2.24) is 0 Å². The molecule has 0 saturated carbocycles. The highest BCUT2D eigenvalue weighted by Crippen LogP contribution is 2.29. The van der Waals surface area contributed by atoms with Crippen LogP contribution < -0.4 is 0 Å². The van der Waals surface area contributed by atoms with E-state index in [1.54, 1.807) is 13.0 Å². The molecule has 0 aliphatic carbocycles. The van der Waals surface area contributed by atoms with Crippen molar-refractivity contribution >= 4 is 11.9 Å². The van der Waals surface area contributed by atoms with E-state index in [-0.39, 0.29) is 19.8 Å². The zero-order valence-electron chi connectivity index (χ0n) is 15.7. The van der Waals surface area contributed by atoms with E-state index in [9.17, 15) is 9.59 Å². The monoisotopic (exact) mass is 378 g/mol. The van der Waals surface area contributed by atoms with Crippen molar-refractivity contribution in [2.75, 3.05) is 20.5 Å². The van der Waals surface area contributed by atoms with Gasteiger partial charge in [0.2, 0.25) is 0 Å². The number of rotatable bonds is 11. The highest BCUT2D eigenvalue weighted by atomic mass is 16.7. The third-order valence-electron chi connectivity index (χ3n) is 4.18. The van der Waals surface area contributed by atoms with Crippen LogP contribution in [0.15, 0.2) is 43.0 Å². The maximum atomic E-state index is 12.1. The van der Waals surface area contributed by atoms with E-state index in [0.29, 0.717) is 6.61 Å². The number of hydrogen-bond acceptors (Lipinski definition) is 7. The Bertz CT molecular complexity index is 616. The molecule has 1 aliphatic rings. The Labute approximate surface area is 159 Å². The van der Waals surface area contributed by atoms with Crippen molar-refractivity contribution < 1.29 is 33.3 Å². The largest absolute Gasteiger partial charge is 0.465 e. The molecule has 1 aliphatic heterocycles. The Kier molecular flexibility index (Phi) is 8.44. The molecule has 0 aromatic heterocycles. The van der Waals surface area contributed by atoms with Crippen molar-refractivity contribution in [3.05, 3.63) is 48.6 Å². The van der Waals surface area contributed by atoms with Crippen LogP contribution in [0.3, 0.4) is 0 Å². The lowest BCUT2D eigenvalue weighted by molar-refractivity contribution is -0.165. The molecule has 0 amide bonds. The topological polar surface area (TPSA) is 80.3 Å². The average Bonchev–Trinajstić information content (AvgIpc) is 3.07. The summed E-state index contributed by atoms with van der Waals surface area (Å²) >= 11 is 0. The van der Waals surface area contributed by atoms with Crippen LogP contribution >= 0.6 is 0 Å². The highest BCUT2D eigenvalue weighted by Gasteiger charge is 2.46. The van der Waals surface area contributed by atoms with Gasteiger partial charge in [0, 0.05) is 13.5 Å². The Balaban J connectivity index is 2.11. The van der Waals surface area contributed by atoms with Crippen LogP contribution in [0, 0.1) is 5.92 Å². The van der Waals surface area contributed by atoms with Crippen LogP contribution in [0.4, 0.5) is 0 Å². The Morgan fingerprint density at radius 3 is 2.70 bits per heavy atom. The number of carbonyl (C=O) groups is 2. The standard InChI is InChI=1S/C20H26O7/c1-4-16(26-13-23-3)18(25-12-14-9-7-6-8-10-14)17-11-15(20(22)27-17)19(21)24-5-2/h4,6-10,15-18H,1,5,11-13H2,2-3H3/t15?,16-,17-,18+/m1/s1. The van der Waals surface area contributed by atoms with Gasteiger partial charge in [-0.3, -0.25) is 9.59 Å². The first-order chi connectivity index (χ1) is 13.1. The lowest BCUT2D eigenvalue weighted by atomic mass is 9.99. The van der Waals surface area contributed by atoms with Crippen LogP contribution in [0.1, 0.15) is 18.9 Å². The van der Waals surface area contributed by atoms with Crippen molar-refractivity contribution in [1.29, 1.82) is 0 Å². The minimum Gasteiger partial charge on any atom is -0.465 e. The van der Waals surface area contributed by atoms with E-state index in [2.05, 4.69) is 6.58 Å². The molecular formula is C20H26O7. The molecule has 1 aromatic rings. The van der Waals surface area contributed by atoms with Crippen molar-refractivity contribution in [3.8, 4) is 0 Å². The van der Waals surface area contributed by atoms with E-state index in [1.807, 2.05) is 30.3 Å². The molecule has 0 N–H and O–H groups in total. The fraction of sp³-hybridized carbons (Fsp3) is 0.500. The lowest BCUT2D eigenvalue weighted by Crippen LogP contribution is -2.40. The van der Waals surface area contributed by atoms with E-state index in [0.717, 1.165) is 5.56 Å². The molecule has 1 aromatic carbocycles. The molecule has 1 fully saturated rings. The predicted molar refractivity (Wildman–Crippen MR) is 96.6 cm³/mol. The van der Waals surface area contributed by atoms with Gasteiger partial charge in [-0.25, -0.2) is 0 Å². The van der Waals surface area contributed by atoms with Gasteiger partial charge in [0.15, 0.2) is 5.92 Å². The quantitative estimate of drug-likeness (QED) is 0.253. The zero-order chi connectivity index (χ0) is 19.6. The number of benzene rings is 1. The van der Waals surface area contributed by atoms with E-state index in [4.69, 9.17) is 23.7 Å². The number of ether oxygens (including phenoxy) is 5. The number of carbonyl (C=O) groups excluding carboxylic acids is 2. The van der Waals surface area contributed by atoms with Gasteiger partial charge in [-0.1, -0.05) is 36.4 Å². The highest BCUT2D eigenvalue weighted by molar-refractivity contribution is 5.96. The van der Waals surface area contributed by atoms with Crippen LogP contribution in [-0.4, -0.2) is 50.8 Å². The Morgan fingerprint density at radius 2 is 2.07 bits per heavy atom. The second kappa shape index (κ2) is 10.8. The fourth-order valence-corrected chi connectivity index (χ4v) is 2.87. The molecule has 2 rings (SSSR count). The minimum atomic E-state index is -0.953. The number of hydrogen-bond donors (Lipinski definition) is 0. The summed E-state index contributed by atoms with van der Waals surface area (Å²) in [7, 11) is 1.51. The number of cyclic esters (lactones) is 1. The summed E-state index contributed by atoms with van der Waals surface area (Å²) in [5, 5.41) is 0. The zero-order valence-corrected chi connectivity index (χ0v) is 15.7. The molecule has 1 saturated heterocycles. The predicted octanol–water partition coefficient (Wildman–Crippen LogP) is 2.24. The lowest BCUT2D eigenvalue weighted by Gasteiger charge is -2.28. The Morgan fingerprint density at radius 1 is 1.33 bits per heavy atom. The summed E-state index contributed by atoms with van der Waals surface area (Å²) in [6.45, 7) is 5.99. The second-order valence-corrected chi connectivity index (χ2v) is 6.05. The normalized spacial score (nSPS) is 21.3. The number of esters is 2. The summed E-state index contributed by atoms with van der Waals surface area (Å²) in [6, 6.07) is 9.59. The van der Waals surface area contributed by atoms with Crippen LogP contribution in [0.5, 0.6) is 0 Å². The first-order valence-corrected chi connectivity index (χ1v) is 8.86. The number of methoxy groups -OCH3 is 1. The fourth-order valence-electron chi connectivity index (χ4n) is 2.87. The van der Waals surface area contributed by atoms with Gasteiger partial charge >= 0.3 is 11.9 Å². The third kappa shape index (κ3) is 5.89. The van der Waals surface area contributed by atoms with Gasteiger partial charge in [0.25, 0.3) is 0 Å². The Hall–Kier alpha value is -2.22. The maximum Gasteiger partial charge on any atom is 0.320 e. The van der Waals surface area contributed by atoms with Gasteiger partial charge < -0.3 is 23.7 Å².